The molecule has 1 aromatic rings. The van der Waals surface area contributed by atoms with Crippen molar-refractivity contribution in [1.29, 1.82) is 0 Å². The van der Waals surface area contributed by atoms with Gasteiger partial charge in [-0.3, -0.25) is 0 Å². The first kappa shape index (κ1) is 13.2. The number of halogens is 1. The number of nitrogens with one attached hydrogen (secondary N) is 1. The minimum atomic E-state index is 0.385. The second-order valence-electron chi connectivity index (χ2n) is 6.17. The zero-order valence-electron chi connectivity index (χ0n) is 11.6. The van der Waals surface area contributed by atoms with Crippen LogP contribution in [-0.2, 0) is 0 Å². The van der Waals surface area contributed by atoms with Gasteiger partial charge in [0.25, 0.3) is 0 Å². The van der Waals surface area contributed by atoms with Gasteiger partial charge in [-0.1, -0.05) is 35.9 Å². The van der Waals surface area contributed by atoms with E-state index in [1.807, 2.05) is 12.1 Å². The Balaban J connectivity index is 1.61. The van der Waals surface area contributed by atoms with Gasteiger partial charge in [-0.25, -0.2) is 0 Å². The molecule has 3 rings (SSSR count). The number of allylic oxidation sites excluding steroid dienone is 2. The molecule has 0 heterocycles. The summed E-state index contributed by atoms with van der Waals surface area (Å²) in [7, 11) is 0. The van der Waals surface area contributed by atoms with Crippen LogP contribution >= 0.6 is 11.6 Å². The van der Waals surface area contributed by atoms with Crippen molar-refractivity contribution in [3.63, 3.8) is 0 Å². The smallest absolute Gasteiger partial charge is 0.0406 e. The summed E-state index contributed by atoms with van der Waals surface area (Å²) in [5, 5.41) is 4.57. The molecule has 2 aliphatic rings. The van der Waals surface area contributed by atoms with E-state index in [0.29, 0.717) is 12.1 Å². The third-order valence-electron chi connectivity index (χ3n) is 4.86. The Morgan fingerprint density at radius 2 is 1.84 bits per heavy atom. The third-order valence-corrected chi connectivity index (χ3v) is 5.11. The van der Waals surface area contributed by atoms with Crippen molar-refractivity contribution >= 4 is 11.6 Å². The molecule has 0 aromatic heterocycles. The normalized spacial score (nSPS) is 31.6. The number of hydrogen-bond donors (Lipinski definition) is 1. The minimum Gasteiger partial charge on any atom is -0.307 e. The SMILES string of the molecule is CC(N[C@@H](C)c1ccc(Cl)cc1)C1CC2C=CC1C2. The molecule has 1 saturated carbocycles. The maximum atomic E-state index is 5.94. The van der Waals surface area contributed by atoms with Crippen molar-refractivity contribution in [3.8, 4) is 0 Å². The predicted octanol–water partition coefficient (Wildman–Crippen LogP) is 4.59. The maximum absolute atomic E-state index is 5.94. The molecule has 102 valence electrons. The molecule has 0 spiro atoms. The van der Waals surface area contributed by atoms with Crippen molar-refractivity contribution in [3.05, 3.63) is 47.0 Å². The highest BCUT2D eigenvalue weighted by Gasteiger charge is 2.38. The van der Waals surface area contributed by atoms with Crippen LogP contribution in [0, 0.1) is 17.8 Å². The molecular weight excluding hydrogens is 254 g/mol. The fraction of sp³-hybridized carbons (Fsp3) is 0.529. The molecule has 1 nitrogen and oxygen atoms in total. The van der Waals surface area contributed by atoms with Gasteiger partial charge in [0.15, 0.2) is 0 Å². The van der Waals surface area contributed by atoms with Crippen LogP contribution in [0.4, 0.5) is 0 Å². The first-order chi connectivity index (χ1) is 9.13. The molecule has 0 amide bonds. The van der Waals surface area contributed by atoms with Gasteiger partial charge < -0.3 is 5.32 Å². The molecule has 2 aliphatic carbocycles. The molecule has 0 radical (unpaired) electrons. The summed E-state index contributed by atoms with van der Waals surface area (Å²) in [6.45, 7) is 4.58. The molecule has 0 aliphatic heterocycles. The second kappa shape index (κ2) is 5.30. The Kier molecular flexibility index (Phi) is 3.68. The Labute approximate surface area is 121 Å². The van der Waals surface area contributed by atoms with Crippen LogP contribution in [0.15, 0.2) is 36.4 Å². The molecule has 0 saturated heterocycles. The van der Waals surface area contributed by atoms with Gasteiger partial charge >= 0.3 is 0 Å². The zero-order chi connectivity index (χ0) is 13.4. The van der Waals surface area contributed by atoms with Crippen LogP contribution in [0.2, 0.25) is 5.02 Å². The molecule has 2 heteroatoms. The van der Waals surface area contributed by atoms with E-state index < -0.39 is 0 Å². The van der Waals surface area contributed by atoms with Gasteiger partial charge in [0.2, 0.25) is 0 Å². The number of benzene rings is 1. The van der Waals surface area contributed by atoms with E-state index in [4.69, 9.17) is 11.6 Å². The summed E-state index contributed by atoms with van der Waals surface area (Å²) in [5.41, 5.74) is 1.31. The molecule has 5 atom stereocenters. The van der Waals surface area contributed by atoms with Gasteiger partial charge in [-0.05, 0) is 62.1 Å². The number of rotatable bonds is 4. The van der Waals surface area contributed by atoms with Crippen LogP contribution in [0.1, 0.15) is 38.3 Å². The molecule has 19 heavy (non-hydrogen) atoms. The topological polar surface area (TPSA) is 12.0 Å². The van der Waals surface area contributed by atoms with Crippen LogP contribution < -0.4 is 5.32 Å². The summed E-state index contributed by atoms with van der Waals surface area (Å²) < 4.78 is 0. The fourth-order valence-electron chi connectivity index (χ4n) is 3.76. The Hall–Kier alpha value is -0.790. The summed E-state index contributed by atoms with van der Waals surface area (Å²) in [4.78, 5) is 0. The van der Waals surface area contributed by atoms with Crippen molar-refractivity contribution in [1.82, 2.24) is 5.32 Å². The Morgan fingerprint density at radius 3 is 2.42 bits per heavy atom. The fourth-order valence-corrected chi connectivity index (χ4v) is 3.89. The van der Waals surface area contributed by atoms with Crippen molar-refractivity contribution in [2.75, 3.05) is 0 Å². The quantitative estimate of drug-likeness (QED) is 0.793. The number of fused-ring (bicyclic) bond motifs is 2. The van der Waals surface area contributed by atoms with E-state index in [0.717, 1.165) is 22.8 Å². The van der Waals surface area contributed by atoms with Gasteiger partial charge in [0, 0.05) is 17.1 Å². The van der Waals surface area contributed by atoms with Gasteiger partial charge in [0.05, 0.1) is 0 Å². The molecular formula is C17H22ClN. The average molecular weight is 276 g/mol. The minimum absolute atomic E-state index is 0.385. The van der Waals surface area contributed by atoms with E-state index in [9.17, 15) is 0 Å². The summed E-state index contributed by atoms with van der Waals surface area (Å²) in [5.74, 6) is 2.47. The Bertz CT molecular complexity index is 465. The van der Waals surface area contributed by atoms with Gasteiger partial charge in [-0.15, -0.1) is 0 Å². The lowest BCUT2D eigenvalue weighted by atomic mass is 9.87. The van der Waals surface area contributed by atoms with Crippen LogP contribution in [0.3, 0.4) is 0 Å². The third kappa shape index (κ3) is 2.73. The Morgan fingerprint density at radius 1 is 1.11 bits per heavy atom. The number of hydrogen-bond acceptors (Lipinski definition) is 1. The summed E-state index contributed by atoms with van der Waals surface area (Å²) in [6.07, 6.45) is 7.59. The van der Waals surface area contributed by atoms with E-state index in [-0.39, 0.29) is 0 Å². The van der Waals surface area contributed by atoms with E-state index in [1.165, 1.54) is 18.4 Å². The van der Waals surface area contributed by atoms with Crippen molar-refractivity contribution < 1.29 is 0 Å². The van der Waals surface area contributed by atoms with Gasteiger partial charge in [-0.2, -0.15) is 0 Å². The largest absolute Gasteiger partial charge is 0.307 e. The monoisotopic (exact) mass is 275 g/mol. The molecule has 2 bridgehead atoms. The highest BCUT2D eigenvalue weighted by molar-refractivity contribution is 6.30. The summed E-state index contributed by atoms with van der Waals surface area (Å²) >= 11 is 5.94. The van der Waals surface area contributed by atoms with E-state index in [1.54, 1.807) is 0 Å². The van der Waals surface area contributed by atoms with Crippen LogP contribution in [0.5, 0.6) is 0 Å². The van der Waals surface area contributed by atoms with Crippen molar-refractivity contribution in [2.24, 2.45) is 17.8 Å². The lowest BCUT2D eigenvalue weighted by Gasteiger charge is -2.29. The zero-order valence-corrected chi connectivity index (χ0v) is 12.4. The lowest BCUT2D eigenvalue weighted by molar-refractivity contribution is 0.307. The second-order valence-corrected chi connectivity index (χ2v) is 6.61. The molecule has 1 N–H and O–H groups in total. The maximum Gasteiger partial charge on any atom is 0.0406 e. The first-order valence-corrected chi connectivity index (χ1v) is 7.71. The molecule has 4 unspecified atom stereocenters. The van der Waals surface area contributed by atoms with E-state index in [2.05, 4.69) is 43.4 Å². The average Bonchev–Trinajstić information content (AvgIpc) is 3.01. The van der Waals surface area contributed by atoms with Crippen LogP contribution in [0.25, 0.3) is 0 Å². The first-order valence-electron chi connectivity index (χ1n) is 7.33. The van der Waals surface area contributed by atoms with Gasteiger partial charge in [0.1, 0.15) is 0 Å². The highest BCUT2D eigenvalue weighted by atomic mass is 35.5. The standard InChI is InChI=1S/C17H22ClN/c1-11(14-5-7-16(18)8-6-14)19-12(2)17-10-13-3-4-15(17)9-13/h3-8,11-13,15,17,19H,9-10H2,1-2H3/t11-,12?,13?,15?,17?/m0/s1. The highest BCUT2D eigenvalue weighted by Crippen LogP contribution is 2.45. The predicted molar refractivity (Wildman–Crippen MR) is 81.3 cm³/mol. The summed E-state index contributed by atoms with van der Waals surface area (Å²) in [6, 6.07) is 9.14. The molecule has 1 fully saturated rings. The van der Waals surface area contributed by atoms with Crippen LogP contribution in [-0.4, -0.2) is 6.04 Å². The lowest BCUT2D eigenvalue weighted by Crippen LogP contribution is -2.37. The molecule has 1 aromatic carbocycles. The van der Waals surface area contributed by atoms with Crippen molar-refractivity contribution in [2.45, 2.75) is 38.8 Å². The van der Waals surface area contributed by atoms with E-state index >= 15 is 0 Å².